The molecule has 3 aliphatic rings. The number of nitrogens with zero attached hydrogens (tertiary/aromatic N) is 2. The van der Waals surface area contributed by atoms with Crippen LogP contribution in [0.25, 0.3) is 0 Å². The average molecular weight is 590 g/mol. The minimum atomic E-state index is -0.134. The van der Waals surface area contributed by atoms with Crippen molar-refractivity contribution in [1.29, 1.82) is 0 Å². The van der Waals surface area contributed by atoms with Crippen LogP contribution >= 0.6 is 24.0 Å². The van der Waals surface area contributed by atoms with E-state index in [-0.39, 0.29) is 23.5 Å². The maximum Gasteiger partial charge on any atom is 0.251 e. The molecule has 41 heavy (non-hydrogen) atoms. The van der Waals surface area contributed by atoms with Crippen LogP contribution in [0.3, 0.4) is 0 Å². The fraction of sp³-hybridized carbons (Fsp3) is 0.387. The zero-order valence-corrected chi connectivity index (χ0v) is 24.7. The summed E-state index contributed by atoms with van der Waals surface area (Å²) in [6.45, 7) is 3.59. The minimum absolute atomic E-state index is 0.0767. The molecule has 0 saturated carbocycles. The number of piperidine rings is 1. The number of aromatic nitrogens is 1. The van der Waals surface area contributed by atoms with Gasteiger partial charge < -0.3 is 30.2 Å². The summed E-state index contributed by atoms with van der Waals surface area (Å²) < 4.78 is 7.62. The Labute approximate surface area is 249 Å². The van der Waals surface area contributed by atoms with Gasteiger partial charge in [0.05, 0.1) is 17.5 Å². The summed E-state index contributed by atoms with van der Waals surface area (Å²) in [4.78, 5) is 29.2. The maximum absolute atomic E-state index is 13.1. The van der Waals surface area contributed by atoms with Crippen molar-refractivity contribution in [2.24, 2.45) is 5.92 Å². The zero-order valence-electron chi connectivity index (χ0n) is 23.1. The number of ether oxygens (including phenoxy) is 1. The number of hydrogen-bond acceptors (Lipinski definition) is 6. The second kappa shape index (κ2) is 12.3. The molecular weight excluding hydrogens is 555 g/mol. The Morgan fingerprint density at radius 1 is 1.07 bits per heavy atom. The molecule has 2 aromatic carbocycles. The van der Waals surface area contributed by atoms with Crippen molar-refractivity contribution >= 4 is 52.1 Å². The molecule has 8 nitrogen and oxygen atoms in total. The Morgan fingerprint density at radius 3 is 2.78 bits per heavy atom. The quantitative estimate of drug-likeness (QED) is 0.265. The van der Waals surface area contributed by atoms with E-state index in [1.54, 1.807) is 17.8 Å². The van der Waals surface area contributed by atoms with Crippen LogP contribution < -0.4 is 26.4 Å². The number of fused-ring (bicyclic) bond motifs is 4. The summed E-state index contributed by atoms with van der Waals surface area (Å²) in [6.07, 6.45) is 5.19. The summed E-state index contributed by atoms with van der Waals surface area (Å²) in [5.74, 6) is 0.492. The van der Waals surface area contributed by atoms with Gasteiger partial charge in [0.1, 0.15) is 0 Å². The number of thiocarbonyl (C=S) groups is 1. The Bertz CT molecular complexity index is 1500. The Kier molecular flexibility index (Phi) is 8.32. The van der Waals surface area contributed by atoms with Crippen LogP contribution in [0.1, 0.15) is 41.2 Å². The van der Waals surface area contributed by atoms with Crippen LogP contribution in [0.5, 0.6) is 0 Å². The first-order chi connectivity index (χ1) is 20.0. The second-order valence-corrected chi connectivity index (χ2v) is 12.3. The number of amides is 1. The molecule has 0 aliphatic carbocycles. The lowest BCUT2D eigenvalue weighted by molar-refractivity contribution is 0.0858. The van der Waals surface area contributed by atoms with Gasteiger partial charge in [-0.05, 0) is 86.1 Å². The van der Waals surface area contributed by atoms with Crippen LogP contribution in [0.15, 0.2) is 70.4 Å². The lowest BCUT2D eigenvalue weighted by atomic mass is 9.83. The molecule has 1 aromatic heterocycles. The fourth-order valence-corrected chi connectivity index (χ4v) is 6.93. The van der Waals surface area contributed by atoms with E-state index in [9.17, 15) is 9.59 Å². The van der Waals surface area contributed by atoms with Crippen LogP contribution in [0.4, 0.5) is 17.1 Å². The van der Waals surface area contributed by atoms with Crippen LogP contribution in [-0.2, 0) is 11.3 Å². The highest BCUT2D eigenvalue weighted by Crippen LogP contribution is 2.39. The van der Waals surface area contributed by atoms with Crippen molar-refractivity contribution in [2.45, 2.75) is 42.7 Å². The predicted octanol–water partition coefficient (Wildman–Crippen LogP) is 4.91. The van der Waals surface area contributed by atoms with Gasteiger partial charge >= 0.3 is 0 Å². The fourth-order valence-electron chi connectivity index (χ4n) is 6.25. The van der Waals surface area contributed by atoms with E-state index in [1.165, 1.54) is 0 Å². The SMILES string of the molecule is CSc1cccc(NC(=S)Nc2cc(C(=O)NC[C@H]3CCCO3)ccc2N2C[C@H]3C[C@@H](C2)c2cccc(=O)n2C3)c1. The van der Waals surface area contributed by atoms with Gasteiger partial charge in [0.2, 0.25) is 0 Å². The van der Waals surface area contributed by atoms with E-state index in [0.29, 0.717) is 23.1 Å². The van der Waals surface area contributed by atoms with Gasteiger partial charge in [-0.3, -0.25) is 9.59 Å². The van der Waals surface area contributed by atoms with Crippen LogP contribution in [0, 0.1) is 5.92 Å². The van der Waals surface area contributed by atoms with Gasteiger partial charge in [-0.15, -0.1) is 11.8 Å². The minimum Gasteiger partial charge on any atom is -0.376 e. The van der Waals surface area contributed by atoms with E-state index in [1.807, 2.05) is 47.2 Å². The Hall–Kier alpha value is -3.34. The van der Waals surface area contributed by atoms with Gasteiger partial charge in [-0.1, -0.05) is 12.1 Å². The summed E-state index contributed by atoms with van der Waals surface area (Å²) in [6, 6.07) is 19.5. The standard InChI is InChI=1S/C31H35N5O3S2/c1-41-25-7-2-5-23(15-25)33-31(40)34-26-14-21(30(38)32-16-24-6-4-12-39-24)10-11-28(26)35-17-20-13-22(19-35)27-8-3-9-29(37)36(27)18-20/h2-3,5,7-11,14-15,20,22,24H,4,6,12-13,16-19H2,1H3,(H,32,38)(H2,33,34,40)/t20-,22+,24-/m1/s1. The third-order valence-electron chi connectivity index (χ3n) is 8.17. The molecule has 0 unspecified atom stereocenters. The summed E-state index contributed by atoms with van der Waals surface area (Å²) in [5.41, 5.74) is 4.41. The van der Waals surface area contributed by atoms with Gasteiger partial charge in [0.15, 0.2) is 5.11 Å². The number of rotatable bonds is 7. The van der Waals surface area contributed by atoms with E-state index >= 15 is 0 Å². The molecular formula is C31H35N5O3S2. The number of hydrogen-bond donors (Lipinski definition) is 3. The third kappa shape index (κ3) is 6.29. The molecule has 0 spiro atoms. The third-order valence-corrected chi connectivity index (χ3v) is 9.10. The van der Waals surface area contributed by atoms with Crippen LogP contribution in [0.2, 0.25) is 0 Å². The molecule has 0 radical (unpaired) electrons. The Balaban J connectivity index is 1.25. The maximum atomic E-state index is 13.1. The van der Waals surface area contributed by atoms with Crippen LogP contribution in [-0.4, -0.2) is 54.2 Å². The molecule has 3 aliphatic heterocycles. The highest BCUT2D eigenvalue weighted by atomic mass is 32.2. The largest absolute Gasteiger partial charge is 0.376 e. The van der Waals surface area contributed by atoms with E-state index in [2.05, 4.69) is 39.0 Å². The van der Waals surface area contributed by atoms with Gasteiger partial charge in [0.25, 0.3) is 11.5 Å². The molecule has 1 amide bonds. The van der Waals surface area contributed by atoms with Crippen molar-refractivity contribution in [1.82, 2.24) is 9.88 Å². The molecule has 4 heterocycles. The molecule has 3 aromatic rings. The number of carbonyl (C=O) groups excluding carboxylic acids is 1. The normalized spacial score (nSPS) is 21.2. The Morgan fingerprint density at radius 2 is 1.95 bits per heavy atom. The summed E-state index contributed by atoms with van der Waals surface area (Å²) in [5, 5.41) is 10.2. The van der Waals surface area contributed by atoms with Crippen molar-refractivity contribution in [3.8, 4) is 0 Å². The highest BCUT2D eigenvalue weighted by Gasteiger charge is 2.35. The van der Waals surface area contributed by atoms with Crippen molar-refractivity contribution in [2.75, 3.05) is 48.0 Å². The number of anilines is 3. The molecule has 6 rings (SSSR count). The summed E-state index contributed by atoms with van der Waals surface area (Å²) in [7, 11) is 0. The van der Waals surface area contributed by atoms with E-state index < -0.39 is 0 Å². The number of pyridine rings is 1. The summed E-state index contributed by atoms with van der Waals surface area (Å²) >= 11 is 7.41. The lowest BCUT2D eigenvalue weighted by Gasteiger charge is -2.44. The predicted molar refractivity (Wildman–Crippen MR) is 170 cm³/mol. The number of benzene rings is 2. The van der Waals surface area contributed by atoms with E-state index in [0.717, 1.165) is 73.2 Å². The number of thioether (sulfide) groups is 1. The van der Waals surface area contributed by atoms with Crippen molar-refractivity contribution in [3.63, 3.8) is 0 Å². The van der Waals surface area contributed by atoms with Crippen molar-refractivity contribution in [3.05, 3.63) is 82.3 Å². The van der Waals surface area contributed by atoms with Gasteiger partial charge in [-0.2, -0.15) is 0 Å². The monoisotopic (exact) mass is 589 g/mol. The first kappa shape index (κ1) is 27.8. The first-order valence-electron chi connectivity index (χ1n) is 14.2. The smallest absolute Gasteiger partial charge is 0.251 e. The molecule has 2 bridgehead atoms. The molecule has 10 heteroatoms. The zero-order chi connectivity index (χ0) is 28.3. The second-order valence-electron chi connectivity index (χ2n) is 11.0. The number of carbonyl (C=O) groups is 1. The average Bonchev–Trinajstić information content (AvgIpc) is 3.50. The van der Waals surface area contributed by atoms with Gasteiger partial charge in [0, 0.05) is 66.6 Å². The van der Waals surface area contributed by atoms with Gasteiger partial charge in [-0.25, -0.2) is 0 Å². The highest BCUT2D eigenvalue weighted by molar-refractivity contribution is 7.98. The molecule has 214 valence electrons. The molecule has 3 N–H and O–H groups in total. The van der Waals surface area contributed by atoms with E-state index in [4.69, 9.17) is 17.0 Å². The molecule has 2 saturated heterocycles. The molecule has 2 fully saturated rings. The molecule has 3 atom stereocenters. The lowest BCUT2D eigenvalue weighted by Crippen LogP contribution is -2.47. The van der Waals surface area contributed by atoms with Crippen molar-refractivity contribution < 1.29 is 9.53 Å². The first-order valence-corrected chi connectivity index (χ1v) is 15.8. The topological polar surface area (TPSA) is 87.6 Å². The number of nitrogens with one attached hydrogen (secondary N) is 3.